The molecule has 118 valence electrons. The summed E-state index contributed by atoms with van der Waals surface area (Å²) in [5.41, 5.74) is 0.899. The molecule has 0 bridgehead atoms. The van der Waals surface area contributed by atoms with Gasteiger partial charge in [0.25, 0.3) is 5.91 Å². The number of furan rings is 1. The van der Waals surface area contributed by atoms with E-state index in [1.54, 1.807) is 17.9 Å². The topological polar surface area (TPSA) is 53.7 Å². The number of aryl methyl sites for hydroxylation is 1. The van der Waals surface area contributed by atoms with E-state index in [4.69, 9.17) is 4.42 Å². The summed E-state index contributed by atoms with van der Waals surface area (Å²) >= 11 is 0. The SMILES string of the molecule is CC[C@](C)(O)CN(Cc1ccccc1)C(=O)c1occc1C. The first kappa shape index (κ1) is 16.3. The quantitative estimate of drug-likeness (QED) is 0.889. The Hall–Kier alpha value is -2.07. The van der Waals surface area contributed by atoms with Crippen LogP contribution in [0.3, 0.4) is 0 Å². The van der Waals surface area contributed by atoms with Crippen molar-refractivity contribution in [1.29, 1.82) is 0 Å². The van der Waals surface area contributed by atoms with Crippen molar-refractivity contribution >= 4 is 5.91 Å². The van der Waals surface area contributed by atoms with Crippen molar-refractivity contribution in [2.75, 3.05) is 6.54 Å². The largest absolute Gasteiger partial charge is 0.459 e. The summed E-state index contributed by atoms with van der Waals surface area (Å²) in [7, 11) is 0. The molecular formula is C18H23NO3. The van der Waals surface area contributed by atoms with Crippen LogP contribution in [0.1, 0.15) is 41.9 Å². The van der Waals surface area contributed by atoms with Crippen LogP contribution >= 0.6 is 0 Å². The third-order valence-electron chi connectivity index (χ3n) is 3.85. The lowest BCUT2D eigenvalue weighted by molar-refractivity contribution is 0.0122. The molecule has 4 heteroatoms. The third-order valence-corrected chi connectivity index (χ3v) is 3.85. The molecule has 0 unspecified atom stereocenters. The van der Waals surface area contributed by atoms with E-state index in [9.17, 15) is 9.90 Å². The Morgan fingerprint density at radius 3 is 2.50 bits per heavy atom. The van der Waals surface area contributed by atoms with Crippen molar-refractivity contribution in [1.82, 2.24) is 4.90 Å². The predicted octanol–water partition coefficient (Wildman–Crippen LogP) is 3.39. The number of amides is 1. The van der Waals surface area contributed by atoms with Gasteiger partial charge in [-0.1, -0.05) is 37.3 Å². The number of aliphatic hydroxyl groups is 1. The van der Waals surface area contributed by atoms with Crippen LogP contribution < -0.4 is 0 Å². The van der Waals surface area contributed by atoms with Gasteiger partial charge in [0.2, 0.25) is 0 Å². The Kier molecular flexibility index (Phi) is 5.03. The standard InChI is InChI=1S/C18H23NO3/c1-4-18(3,21)13-19(12-15-8-6-5-7-9-15)17(20)16-14(2)10-11-22-16/h5-11,21H,4,12-13H2,1-3H3/t18-/m0/s1. The van der Waals surface area contributed by atoms with Gasteiger partial charge in [0.15, 0.2) is 5.76 Å². The van der Waals surface area contributed by atoms with Crippen LogP contribution in [0.15, 0.2) is 47.1 Å². The molecule has 1 heterocycles. The highest BCUT2D eigenvalue weighted by atomic mass is 16.3. The average molecular weight is 301 g/mol. The monoisotopic (exact) mass is 301 g/mol. The van der Waals surface area contributed by atoms with Crippen molar-refractivity contribution in [3.63, 3.8) is 0 Å². The fourth-order valence-electron chi connectivity index (χ4n) is 2.26. The van der Waals surface area contributed by atoms with Gasteiger partial charge >= 0.3 is 0 Å². The highest BCUT2D eigenvalue weighted by molar-refractivity contribution is 5.92. The molecule has 0 spiro atoms. The summed E-state index contributed by atoms with van der Waals surface area (Å²) < 4.78 is 5.32. The lowest BCUT2D eigenvalue weighted by Crippen LogP contribution is -2.43. The van der Waals surface area contributed by atoms with Gasteiger partial charge < -0.3 is 14.4 Å². The van der Waals surface area contributed by atoms with E-state index in [2.05, 4.69) is 0 Å². The smallest absolute Gasteiger partial charge is 0.290 e. The molecule has 22 heavy (non-hydrogen) atoms. The molecule has 1 N–H and O–H groups in total. The molecule has 0 fully saturated rings. The number of carbonyl (C=O) groups excluding carboxylic acids is 1. The van der Waals surface area contributed by atoms with E-state index in [1.807, 2.05) is 44.2 Å². The van der Waals surface area contributed by atoms with Crippen LogP contribution in [-0.2, 0) is 6.54 Å². The minimum atomic E-state index is -0.926. The van der Waals surface area contributed by atoms with Crippen LogP contribution in [0.5, 0.6) is 0 Å². The van der Waals surface area contributed by atoms with Gasteiger partial charge in [-0.25, -0.2) is 0 Å². The number of benzene rings is 1. The van der Waals surface area contributed by atoms with Gasteiger partial charge in [-0.05, 0) is 31.9 Å². The Labute approximate surface area is 131 Å². The molecule has 2 aromatic rings. The predicted molar refractivity (Wildman–Crippen MR) is 85.5 cm³/mol. The molecule has 2 rings (SSSR count). The molecule has 1 aromatic carbocycles. The maximum Gasteiger partial charge on any atom is 0.290 e. The highest BCUT2D eigenvalue weighted by Gasteiger charge is 2.28. The summed E-state index contributed by atoms with van der Waals surface area (Å²) in [6.45, 7) is 6.19. The number of nitrogens with zero attached hydrogens (tertiary/aromatic N) is 1. The van der Waals surface area contributed by atoms with Gasteiger partial charge in [0.1, 0.15) is 0 Å². The first-order valence-corrected chi connectivity index (χ1v) is 7.52. The summed E-state index contributed by atoms with van der Waals surface area (Å²) in [5, 5.41) is 10.4. The first-order valence-electron chi connectivity index (χ1n) is 7.52. The minimum Gasteiger partial charge on any atom is -0.459 e. The molecule has 0 radical (unpaired) electrons. The Morgan fingerprint density at radius 2 is 1.95 bits per heavy atom. The molecule has 0 saturated heterocycles. The Bertz CT molecular complexity index is 616. The van der Waals surface area contributed by atoms with E-state index in [1.165, 1.54) is 6.26 Å². The van der Waals surface area contributed by atoms with Crippen molar-refractivity contribution in [2.45, 2.75) is 39.3 Å². The van der Waals surface area contributed by atoms with Crippen LogP contribution in [0.25, 0.3) is 0 Å². The van der Waals surface area contributed by atoms with Crippen LogP contribution in [0.2, 0.25) is 0 Å². The molecular weight excluding hydrogens is 278 g/mol. The zero-order valence-electron chi connectivity index (χ0n) is 13.4. The highest BCUT2D eigenvalue weighted by Crippen LogP contribution is 2.19. The summed E-state index contributed by atoms with van der Waals surface area (Å²) in [5.74, 6) is 0.142. The first-order chi connectivity index (χ1) is 10.4. The van der Waals surface area contributed by atoms with Gasteiger partial charge in [-0.2, -0.15) is 0 Å². The molecule has 0 saturated carbocycles. The van der Waals surface area contributed by atoms with Gasteiger partial charge in [0.05, 0.1) is 11.9 Å². The zero-order valence-corrected chi connectivity index (χ0v) is 13.4. The fraction of sp³-hybridized carbons (Fsp3) is 0.389. The summed E-state index contributed by atoms with van der Waals surface area (Å²) in [6, 6.07) is 11.5. The number of hydrogen-bond acceptors (Lipinski definition) is 3. The Balaban J connectivity index is 2.25. The lowest BCUT2D eigenvalue weighted by atomic mass is 10.0. The van der Waals surface area contributed by atoms with E-state index >= 15 is 0 Å². The minimum absolute atomic E-state index is 0.194. The van der Waals surface area contributed by atoms with Gasteiger partial charge in [-0.15, -0.1) is 0 Å². The van der Waals surface area contributed by atoms with Crippen LogP contribution in [0.4, 0.5) is 0 Å². The van der Waals surface area contributed by atoms with Gasteiger partial charge in [0, 0.05) is 18.7 Å². The van der Waals surface area contributed by atoms with E-state index < -0.39 is 5.60 Å². The zero-order chi connectivity index (χ0) is 16.2. The molecule has 0 aliphatic carbocycles. The molecule has 0 aliphatic rings. The van der Waals surface area contributed by atoms with Crippen molar-refractivity contribution in [3.05, 3.63) is 59.5 Å². The summed E-state index contributed by atoms with van der Waals surface area (Å²) in [4.78, 5) is 14.4. The molecule has 4 nitrogen and oxygen atoms in total. The maximum atomic E-state index is 12.7. The lowest BCUT2D eigenvalue weighted by Gasteiger charge is -2.30. The van der Waals surface area contributed by atoms with E-state index in [0.717, 1.165) is 11.1 Å². The number of rotatable bonds is 6. The second-order valence-electron chi connectivity index (χ2n) is 5.93. The third kappa shape index (κ3) is 3.98. The van der Waals surface area contributed by atoms with Gasteiger partial charge in [-0.3, -0.25) is 4.79 Å². The summed E-state index contributed by atoms with van der Waals surface area (Å²) in [6.07, 6.45) is 2.09. The second-order valence-corrected chi connectivity index (χ2v) is 5.93. The average Bonchev–Trinajstić information content (AvgIpc) is 2.93. The molecule has 1 atom stereocenters. The normalized spacial score (nSPS) is 13.6. The van der Waals surface area contributed by atoms with E-state index in [0.29, 0.717) is 18.7 Å². The fourth-order valence-corrected chi connectivity index (χ4v) is 2.26. The molecule has 0 aliphatic heterocycles. The van der Waals surface area contributed by atoms with E-state index in [-0.39, 0.29) is 12.5 Å². The van der Waals surface area contributed by atoms with Crippen LogP contribution in [-0.4, -0.2) is 28.1 Å². The second kappa shape index (κ2) is 6.79. The number of carbonyl (C=O) groups is 1. The van der Waals surface area contributed by atoms with Crippen molar-refractivity contribution in [3.8, 4) is 0 Å². The van der Waals surface area contributed by atoms with Crippen LogP contribution in [0, 0.1) is 6.92 Å². The maximum absolute atomic E-state index is 12.7. The Morgan fingerprint density at radius 1 is 1.27 bits per heavy atom. The van der Waals surface area contributed by atoms with Crippen molar-refractivity contribution < 1.29 is 14.3 Å². The molecule has 1 amide bonds. The van der Waals surface area contributed by atoms with Crippen molar-refractivity contribution in [2.24, 2.45) is 0 Å². The number of hydrogen-bond donors (Lipinski definition) is 1. The molecule has 1 aromatic heterocycles.